The van der Waals surface area contributed by atoms with Crippen molar-refractivity contribution in [2.45, 2.75) is 26.7 Å². The van der Waals surface area contributed by atoms with Crippen LogP contribution in [0.15, 0.2) is 53.5 Å². The summed E-state index contributed by atoms with van der Waals surface area (Å²) in [4.78, 5) is 19.8. The molecule has 4 N–H and O–H groups in total. The molecule has 1 saturated heterocycles. The number of fused-ring (bicyclic) bond motifs is 1. The van der Waals surface area contributed by atoms with Gasteiger partial charge in [-0.15, -0.1) is 0 Å². The molecule has 2 aliphatic rings. The van der Waals surface area contributed by atoms with Gasteiger partial charge in [-0.2, -0.15) is 0 Å². The first kappa shape index (κ1) is 23.1. The number of hydrogen-bond donors (Lipinski definition) is 3. The second-order valence-corrected chi connectivity index (χ2v) is 8.96. The molecule has 8 nitrogen and oxygen atoms in total. The average Bonchev–Trinajstić information content (AvgIpc) is 3.16. The van der Waals surface area contributed by atoms with Crippen molar-refractivity contribution in [2.24, 2.45) is 10.7 Å². The molecule has 1 fully saturated rings. The maximum Gasteiger partial charge on any atom is 0.268 e. The number of amides is 1. The maximum atomic E-state index is 12.9. The summed E-state index contributed by atoms with van der Waals surface area (Å²) in [6, 6.07) is 16.3. The van der Waals surface area contributed by atoms with E-state index in [1.54, 1.807) is 6.21 Å². The minimum Gasteiger partial charge on any atom is -0.378 e. The highest BCUT2D eigenvalue weighted by Gasteiger charge is 2.28. The number of aliphatic imine (C=N–C) groups is 1. The van der Waals surface area contributed by atoms with Gasteiger partial charge in [-0.05, 0) is 49.2 Å². The van der Waals surface area contributed by atoms with Gasteiger partial charge >= 0.3 is 0 Å². The molecule has 0 aliphatic carbocycles. The third-order valence-corrected chi connectivity index (χ3v) is 6.74. The Balaban J connectivity index is 1.39. The summed E-state index contributed by atoms with van der Waals surface area (Å²) in [7, 11) is 0. The fraction of sp³-hybridized carbons (Fsp3) is 0.333. The van der Waals surface area contributed by atoms with Gasteiger partial charge in [0.1, 0.15) is 5.69 Å². The third kappa shape index (κ3) is 4.67. The van der Waals surface area contributed by atoms with Crippen molar-refractivity contribution in [3.05, 3.63) is 71.0 Å². The largest absolute Gasteiger partial charge is 0.378 e. The number of carbonyl (C=O) groups excluding carboxylic acids is 1. The maximum absolute atomic E-state index is 12.9. The Kier molecular flexibility index (Phi) is 6.57. The minimum atomic E-state index is -0.626. The standard InChI is InChI=1S/C27H32N6O2/c1-18-5-3-4-6-22(18)24-23(19(2)33-12-11-29-26(34)25(24)33)17-30-27(28)31-20-7-9-21(10-8-20)32-13-15-35-16-14-32/h3-10,17,27,31H,11-16,28H2,1-2H3,(H,29,34). The van der Waals surface area contributed by atoms with E-state index in [-0.39, 0.29) is 5.91 Å². The van der Waals surface area contributed by atoms with E-state index < -0.39 is 6.29 Å². The van der Waals surface area contributed by atoms with Gasteiger partial charge in [-0.25, -0.2) is 0 Å². The summed E-state index contributed by atoms with van der Waals surface area (Å²) in [6.07, 6.45) is 1.18. The number of benzene rings is 2. The summed E-state index contributed by atoms with van der Waals surface area (Å²) in [5.74, 6) is -0.0555. The molecule has 5 rings (SSSR count). The van der Waals surface area contributed by atoms with Gasteiger partial charge in [-0.3, -0.25) is 15.5 Å². The molecule has 3 heterocycles. The number of aryl methyl sites for hydroxylation is 1. The molecular formula is C27H32N6O2. The molecule has 1 atom stereocenters. The molecule has 8 heteroatoms. The molecule has 3 aromatic rings. The molecule has 2 aliphatic heterocycles. The predicted molar refractivity (Wildman–Crippen MR) is 140 cm³/mol. The Morgan fingerprint density at radius 3 is 2.57 bits per heavy atom. The molecular weight excluding hydrogens is 440 g/mol. The molecule has 1 aromatic heterocycles. The van der Waals surface area contributed by atoms with Crippen LogP contribution in [0.3, 0.4) is 0 Å². The van der Waals surface area contributed by atoms with Crippen molar-refractivity contribution in [3.8, 4) is 11.1 Å². The summed E-state index contributed by atoms with van der Waals surface area (Å²) >= 11 is 0. The molecule has 0 bridgehead atoms. The van der Waals surface area contributed by atoms with Gasteiger partial charge in [0.25, 0.3) is 5.91 Å². The van der Waals surface area contributed by atoms with E-state index in [2.05, 4.69) is 56.3 Å². The zero-order chi connectivity index (χ0) is 24.4. The smallest absolute Gasteiger partial charge is 0.268 e. The molecule has 0 radical (unpaired) electrons. The Morgan fingerprint density at radius 1 is 1.09 bits per heavy atom. The van der Waals surface area contributed by atoms with Crippen LogP contribution in [0, 0.1) is 13.8 Å². The fourth-order valence-corrected chi connectivity index (χ4v) is 4.87. The second-order valence-electron chi connectivity index (χ2n) is 8.96. The van der Waals surface area contributed by atoms with E-state index >= 15 is 0 Å². The van der Waals surface area contributed by atoms with Crippen LogP contribution >= 0.6 is 0 Å². The molecule has 1 unspecified atom stereocenters. The van der Waals surface area contributed by atoms with Crippen molar-refractivity contribution in [1.29, 1.82) is 0 Å². The first-order valence-electron chi connectivity index (χ1n) is 12.1. The quantitative estimate of drug-likeness (QED) is 0.378. The van der Waals surface area contributed by atoms with Gasteiger partial charge in [0.15, 0.2) is 6.29 Å². The highest BCUT2D eigenvalue weighted by molar-refractivity contribution is 6.06. The molecule has 0 saturated carbocycles. The Hall–Kier alpha value is -3.62. The molecule has 1 amide bonds. The van der Waals surface area contributed by atoms with Crippen LogP contribution in [0.5, 0.6) is 0 Å². The molecule has 0 spiro atoms. The van der Waals surface area contributed by atoms with Gasteiger partial charge in [0.05, 0.1) is 13.2 Å². The molecule has 182 valence electrons. The van der Waals surface area contributed by atoms with Crippen molar-refractivity contribution in [3.63, 3.8) is 0 Å². The normalized spacial score (nSPS) is 16.8. The third-order valence-electron chi connectivity index (χ3n) is 6.74. The number of ether oxygens (including phenoxy) is 1. The lowest BCUT2D eigenvalue weighted by atomic mass is 9.96. The SMILES string of the molecule is Cc1ccccc1-c1c(C=NC(N)Nc2ccc(N3CCOCC3)cc2)c(C)n2c1C(=O)NCC2. The molecule has 35 heavy (non-hydrogen) atoms. The van der Waals surface area contributed by atoms with E-state index in [1.807, 2.05) is 31.2 Å². The van der Waals surface area contributed by atoms with Gasteiger partial charge < -0.3 is 24.8 Å². The van der Waals surface area contributed by atoms with Gasteiger partial charge in [0, 0.05) is 60.6 Å². The van der Waals surface area contributed by atoms with Crippen LogP contribution in [0.1, 0.15) is 27.3 Å². The van der Waals surface area contributed by atoms with Gasteiger partial charge in [-0.1, -0.05) is 24.3 Å². The van der Waals surface area contributed by atoms with E-state index in [1.165, 1.54) is 5.69 Å². The van der Waals surface area contributed by atoms with Crippen LogP contribution in [-0.2, 0) is 11.3 Å². The summed E-state index contributed by atoms with van der Waals surface area (Å²) < 4.78 is 7.52. The lowest BCUT2D eigenvalue weighted by Crippen LogP contribution is -2.36. The first-order valence-corrected chi connectivity index (χ1v) is 12.1. The van der Waals surface area contributed by atoms with Crippen LogP contribution < -0.4 is 21.3 Å². The Bertz CT molecular complexity index is 1240. The zero-order valence-corrected chi connectivity index (χ0v) is 20.3. The number of anilines is 2. The number of aromatic nitrogens is 1. The summed E-state index contributed by atoms with van der Waals surface area (Å²) in [6.45, 7) is 8.77. The van der Waals surface area contributed by atoms with E-state index in [0.29, 0.717) is 12.2 Å². The zero-order valence-electron chi connectivity index (χ0n) is 20.3. The fourth-order valence-electron chi connectivity index (χ4n) is 4.87. The van der Waals surface area contributed by atoms with Crippen LogP contribution in [0.25, 0.3) is 11.1 Å². The first-order chi connectivity index (χ1) is 17.0. The van der Waals surface area contributed by atoms with E-state index in [4.69, 9.17) is 10.5 Å². The van der Waals surface area contributed by atoms with Crippen LogP contribution in [0.2, 0.25) is 0 Å². The van der Waals surface area contributed by atoms with Crippen LogP contribution in [0.4, 0.5) is 11.4 Å². The van der Waals surface area contributed by atoms with Crippen molar-refractivity contribution in [1.82, 2.24) is 9.88 Å². The highest BCUT2D eigenvalue weighted by atomic mass is 16.5. The lowest BCUT2D eigenvalue weighted by Gasteiger charge is -2.29. The summed E-state index contributed by atoms with van der Waals surface area (Å²) in [5.41, 5.74) is 14.1. The number of hydrogen-bond acceptors (Lipinski definition) is 6. The number of nitrogens with one attached hydrogen (secondary N) is 2. The number of carbonyl (C=O) groups is 1. The van der Waals surface area contributed by atoms with Gasteiger partial charge in [0.2, 0.25) is 0 Å². The predicted octanol–water partition coefficient (Wildman–Crippen LogP) is 3.13. The van der Waals surface area contributed by atoms with Crippen molar-refractivity contribution < 1.29 is 9.53 Å². The van der Waals surface area contributed by atoms with Crippen molar-refractivity contribution >= 4 is 23.5 Å². The Labute approximate surface area is 205 Å². The lowest BCUT2D eigenvalue weighted by molar-refractivity contribution is 0.0928. The second kappa shape index (κ2) is 9.93. The molecule has 2 aromatic carbocycles. The highest BCUT2D eigenvalue weighted by Crippen LogP contribution is 2.35. The average molecular weight is 473 g/mol. The van der Waals surface area contributed by atoms with E-state index in [0.717, 1.165) is 66.5 Å². The number of rotatable bonds is 6. The number of nitrogens with two attached hydrogens (primary N) is 1. The number of nitrogens with zero attached hydrogens (tertiary/aromatic N) is 3. The topological polar surface area (TPSA) is 96.9 Å². The van der Waals surface area contributed by atoms with Crippen molar-refractivity contribution in [2.75, 3.05) is 43.1 Å². The summed E-state index contributed by atoms with van der Waals surface area (Å²) in [5, 5.41) is 6.24. The Morgan fingerprint density at radius 2 is 1.83 bits per heavy atom. The number of morpholine rings is 1. The monoisotopic (exact) mass is 472 g/mol. The minimum absolute atomic E-state index is 0.0555. The van der Waals surface area contributed by atoms with Crippen LogP contribution in [-0.4, -0.2) is 55.8 Å². The van der Waals surface area contributed by atoms with E-state index in [9.17, 15) is 4.79 Å².